The van der Waals surface area contributed by atoms with E-state index in [4.69, 9.17) is 16.3 Å². The predicted octanol–water partition coefficient (Wildman–Crippen LogP) is 4.59. The molecule has 3 nitrogen and oxygen atoms in total. The van der Waals surface area contributed by atoms with E-state index in [9.17, 15) is 9.18 Å². The van der Waals surface area contributed by atoms with Crippen LogP contribution in [-0.2, 0) is 0 Å². The highest BCUT2D eigenvalue weighted by Gasteiger charge is 2.15. The molecular weight excluding hydrogens is 313 g/mol. The number of carbonyl (C=O) groups is 1. The third-order valence-corrected chi connectivity index (χ3v) is 3.39. The van der Waals surface area contributed by atoms with Gasteiger partial charge in [0.2, 0.25) is 0 Å². The van der Waals surface area contributed by atoms with E-state index < -0.39 is 11.7 Å². The Kier molecular flexibility index (Phi) is 5.09. The first kappa shape index (κ1) is 15.7. The second kappa shape index (κ2) is 6.83. The Morgan fingerprint density at radius 1 is 1.29 bits per heavy atom. The molecule has 0 bridgehead atoms. The molecule has 2 rings (SSSR count). The second-order valence-corrected chi connectivity index (χ2v) is 5.34. The van der Waals surface area contributed by atoms with E-state index in [1.807, 2.05) is 0 Å². The van der Waals surface area contributed by atoms with Gasteiger partial charge < -0.3 is 4.74 Å². The van der Waals surface area contributed by atoms with Crippen LogP contribution in [0.25, 0.3) is 0 Å². The van der Waals surface area contributed by atoms with Crippen LogP contribution in [0.15, 0.2) is 36.4 Å². The third-order valence-electron chi connectivity index (χ3n) is 2.75. The van der Waals surface area contributed by atoms with Gasteiger partial charge in [-0.05, 0) is 42.8 Å². The van der Waals surface area contributed by atoms with Crippen LogP contribution in [-0.4, -0.2) is 12.2 Å². The molecule has 0 radical (unpaired) electrons. The van der Waals surface area contributed by atoms with Crippen LogP contribution in [0.2, 0.25) is 5.02 Å². The van der Waals surface area contributed by atoms with Gasteiger partial charge in [0.05, 0.1) is 5.56 Å². The highest BCUT2D eigenvalue weighted by molar-refractivity contribution is 7.97. The summed E-state index contributed by atoms with van der Waals surface area (Å²) in [6.45, 7) is 1.75. The van der Waals surface area contributed by atoms with Gasteiger partial charge in [0.1, 0.15) is 17.3 Å². The number of hydrogen-bond donors (Lipinski definition) is 1. The summed E-state index contributed by atoms with van der Waals surface area (Å²) in [6.07, 6.45) is 1.70. The van der Waals surface area contributed by atoms with Gasteiger partial charge in [-0.2, -0.15) is 0 Å². The summed E-state index contributed by atoms with van der Waals surface area (Å²) in [5.41, 5.74) is 0.655. The van der Waals surface area contributed by atoms with Gasteiger partial charge in [-0.1, -0.05) is 23.5 Å². The number of carbonyl (C=O) groups excluding carboxylic acids is 1. The van der Waals surface area contributed by atoms with Crippen LogP contribution < -0.4 is 9.46 Å². The Morgan fingerprint density at radius 2 is 1.95 bits per heavy atom. The Bertz CT molecular complexity index is 661. The molecule has 6 heteroatoms. The maximum Gasteiger partial charge on any atom is 0.264 e. The molecule has 0 atom stereocenters. The Hall–Kier alpha value is -1.72. The molecule has 1 N–H and O–H groups in total. The summed E-state index contributed by atoms with van der Waals surface area (Å²) < 4.78 is 22.1. The summed E-state index contributed by atoms with van der Waals surface area (Å²) in [7, 11) is 0. The lowest BCUT2D eigenvalue weighted by Crippen LogP contribution is -2.17. The van der Waals surface area contributed by atoms with Gasteiger partial charge in [-0.15, -0.1) is 0 Å². The Morgan fingerprint density at radius 3 is 2.57 bits per heavy atom. The van der Waals surface area contributed by atoms with E-state index in [2.05, 4.69) is 4.72 Å². The molecular formula is C15H13ClFNO2S. The number of rotatable bonds is 4. The van der Waals surface area contributed by atoms with Crippen LogP contribution in [0.5, 0.6) is 11.5 Å². The molecule has 0 heterocycles. The van der Waals surface area contributed by atoms with E-state index in [1.165, 1.54) is 12.1 Å². The van der Waals surface area contributed by atoms with Gasteiger partial charge in [-0.3, -0.25) is 9.52 Å². The quantitative estimate of drug-likeness (QED) is 0.836. The fourth-order valence-electron chi connectivity index (χ4n) is 1.72. The number of ether oxygens (including phenoxy) is 1. The van der Waals surface area contributed by atoms with Crippen LogP contribution in [0, 0.1) is 12.7 Å². The molecule has 21 heavy (non-hydrogen) atoms. The lowest BCUT2D eigenvalue weighted by Gasteiger charge is -2.11. The van der Waals surface area contributed by atoms with Crippen molar-refractivity contribution in [1.29, 1.82) is 0 Å². The largest absolute Gasteiger partial charge is 0.457 e. The molecule has 0 fully saturated rings. The first-order valence-corrected chi connectivity index (χ1v) is 7.68. The molecule has 0 aliphatic heterocycles. The number of hydrogen-bond acceptors (Lipinski definition) is 3. The maximum absolute atomic E-state index is 14.0. The van der Waals surface area contributed by atoms with Crippen molar-refractivity contribution in [3.05, 3.63) is 58.4 Å². The molecule has 0 aliphatic rings. The molecule has 2 aromatic rings. The molecule has 2 aromatic carbocycles. The number of amides is 1. The smallest absolute Gasteiger partial charge is 0.264 e. The maximum atomic E-state index is 14.0. The van der Waals surface area contributed by atoms with Crippen molar-refractivity contribution in [2.45, 2.75) is 6.92 Å². The van der Waals surface area contributed by atoms with Gasteiger partial charge in [0.25, 0.3) is 5.91 Å². The first-order valence-electron chi connectivity index (χ1n) is 6.08. The molecule has 0 saturated heterocycles. The van der Waals surface area contributed by atoms with Gasteiger partial charge in [0.15, 0.2) is 0 Å². The SMILES string of the molecule is CSNC(=O)c1cc(C)c(Oc2ccc(Cl)cc2)cc1F. The molecule has 0 spiro atoms. The Labute approximate surface area is 131 Å². The fourth-order valence-corrected chi connectivity index (χ4v) is 2.15. The predicted molar refractivity (Wildman–Crippen MR) is 83.6 cm³/mol. The zero-order valence-electron chi connectivity index (χ0n) is 11.4. The van der Waals surface area contributed by atoms with Gasteiger partial charge in [-0.25, -0.2) is 4.39 Å². The number of aryl methyl sites for hydroxylation is 1. The highest BCUT2D eigenvalue weighted by Crippen LogP contribution is 2.28. The number of nitrogens with one attached hydrogen (secondary N) is 1. The summed E-state index contributed by atoms with van der Waals surface area (Å²) in [6, 6.07) is 9.42. The van der Waals surface area contributed by atoms with Crippen LogP contribution in [0.3, 0.4) is 0 Å². The molecule has 0 aromatic heterocycles. The zero-order valence-corrected chi connectivity index (χ0v) is 13.0. The molecule has 1 amide bonds. The van der Waals surface area contributed by atoms with E-state index in [1.54, 1.807) is 37.4 Å². The standard InChI is InChI=1S/C15H13ClFNO2S/c1-9-7-12(15(19)18-21-2)13(17)8-14(9)20-11-5-3-10(16)4-6-11/h3-8H,1-2H3,(H,18,19). The minimum absolute atomic E-state index is 0.00898. The van der Waals surface area contributed by atoms with Crippen molar-refractivity contribution >= 4 is 29.5 Å². The number of benzene rings is 2. The zero-order chi connectivity index (χ0) is 15.4. The molecule has 0 aliphatic carbocycles. The van der Waals surface area contributed by atoms with Crippen molar-refractivity contribution in [2.75, 3.05) is 6.26 Å². The second-order valence-electron chi connectivity index (χ2n) is 4.29. The topological polar surface area (TPSA) is 38.3 Å². The summed E-state index contributed by atoms with van der Waals surface area (Å²) in [5, 5.41) is 0.592. The van der Waals surface area contributed by atoms with Crippen molar-refractivity contribution in [3.8, 4) is 11.5 Å². The van der Waals surface area contributed by atoms with Crippen LogP contribution in [0.1, 0.15) is 15.9 Å². The van der Waals surface area contributed by atoms with E-state index in [0.717, 1.165) is 11.9 Å². The first-order chi connectivity index (χ1) is 10.0. The van der Waals surface area contributed by atoms with E-state index in [0.29, 0.717) is 22.1 Å². The van der Waals surface area contributed by atoms with Crippen LogP contribution >= 0.6 is 23.5 Å². The minimum atomic E-state index is -0.629. The van der Waals surface area contributed by atoms with Crippen LogP contribution in [0.4, 0.5) is 4.39 Å². The average molecular weight is 326 g/mol. The Balaban J connectivity index is 2.27. The fraction of sp³-hybridized carbons (Fsp3) is 0.133. The van der Waals surface area contributed by atoms with Crippen molar-refractivity contribution < 1.29 is 13.9 Å². The van der Waals surface area contributed by atoms with Crippen molar-refractivity contribution in [2.24, 2.45) is 0 Å². The normalized spacial score (nSPS) is 10.3. The molecule has 0 saturated carbocycles. The van der Waals surface area contributed by atoms with Crippen molar-refractivity contribution in [1.82, 2.24) is 4.72 Å². The van der Waals surface area contributed by atoms with Gasteiger partial charge >= 0.3 is 0 Å². The average Bonchev–Trinajstić information content (AvgIpc) is 2.45. The molecule has 110 valence electrons. The minimum Gasteiger partial charge on any atom is -0.457 e. The number of halogens is 2. The van der Waals surface area contributed by atoms with Crippen molar-refractivity contribution in [3.63, 3.8) is 0 Å². The lowest BCUT2D eigenvalue weighted by atomic mass is 10.1. The van der Waals surface area contributed by atoms with E-state index in [-0.39, 0.29) is 5.56 Å². The summed E-state index contributed by atoms with van der Waals surface area (Å²) in [5.74, 6) is -0.198. The van der Waals surface area contributed by atoms with Gasteiger partial charge in [0, 0.05) is 17.3 Å². The third kappa shape index (κ3) is 3.89. The molecule has 0 unspecified atom stereocenters. The summed E-state index contributed by atoms with van der Waals surface area (Å²) in [4.78, 5) is 11.7. The monoisotopic (exact) mass is 325 g/mol. The van der Waals surface area contributed by atoms with E-state index >= 15 is 0 Å². The summed E-state index contributed by atoms with van der Waals surface area (Å²) >= 11 is 6.91. The highest BCUT2D eigenvalue weighted by atomic mass is 35.5. The lowest BCUT2D eigenvalue weighted by molar-refractivity contribution is 0.0980.